The molecule has 0 aromatic heterocycles. The lowest BCUT2D eigenvalue weighted by Gasteiger charge is -2.23. The Morgan fingerprint density at radius 3 is 1.93 bits per heavy atom. The van der Waals surface area contributed by atoms with Crippen LogP contribution in [0, 0.1) is 13.8 Å². The molecule has 2 aromatic carbocycles. The van der Waals surface area contributed by atoms with Gasteiger partial charge in [-0.05, 0) is 49.2 Å². The number of benzene rings is 2. The predicted octanol–water partition coefficient (Wildman–Crippen LogP) is 3.52. The van der Waals surface area contributed by atoms with Gasteiger partial charge in [-0.1, -0.05) is 12.1 Å². The minimum Gasteiger partial charge on any atom is -0.446 e. The summed E-state index contributed by atoms with van der Waals surface area (Å²) < 4.78 is 10.4. The first-order chi connectivity index (χ1) is 14.5. The standard InChI is InChI=1S/C21H21N3O6/c1-15-3-5-17(11-19(15)22-13-26)24(21(28)30-10-9-29-8-7-25)18-6-4-16(2)20(12-18)23-14-27/h3-6,11-12,25H,7-10H2,1-2H3. The molecular weight excluding hydrogens is 390 g/mol. The second-order valence-corrected chi connectivity index (χ2v) is 6.13. The molecule has 0 atom stereocenters. The zero-order valence-corrected chi connectivity index (χ0v) is 16.6. The summed E-state index contributed by atoms with van der Waals surface area (Å²) in [7, 11) is 0. The Bertz CT molecular complexity index is 927. The van der Waals surface area contributed by atoms with Gasteiger partial charge in [-0.15, -0.1) is 0 Å². The molecule has 0 spiro atoms. The van der Waals surface area contributed by atoms with Crippen LogP contribution in [-0.4, -0.2) is 49.8 Å². The van der Waals surface area contributed by atoms with E-state index in [4.69, 9.17) is 14.6 Å². The molecule has 0 fully saturated rings. The molecule has 156 valence electrons. The summed E-state index contributed by atoms with van der Waals surface area (Å²) in [5.41, 5.74) is 2.93. The lowest BCUT2D eigenvalue weighted by molar-refractivity contribution is 0.0561. The van der Waals surface area contributed by atoms with E-state index in [0.29, 0.717) is 22.7 Å². The number of anilines is 2. The molecule has 0 aliphatic rings. The van der Waals surface area contributed by atoms with Gasteiger partial charge in [-0.2, -0.15) is 9.98 Å². The van der Waals surface area contributed by atoms with Crippen molar-refractivity contribution in [2.24, 2.45) is 9.98 Å². The van der Waals surface area contributed by atoms with E-state index in [1.165, 1.54) is 17.1 Å². The summed E-state index contributed by atoms with van der Waals surface area (Å²) in [4.78, 5) is 42.9. The molecule has 0 saturated carbocycles. The zero-order chi connectivity index (χ0) is 21.9. The fraction of sp³-hybridized carbons (Fsp3) is 0.286. The van der Waals surface area contributed by atoms with E-state index in [2.05, 4.69) is 9.98 Å². The van der Waals surface area contributed by atoms with Gasteiger partial charge in [0.05, 0.1) is 42.6 Å². The molecule has 0 saturated heterocycles. The van der Waals surface area contributed by atoms with Crippen LogP contribution in [0.4, 0.5) is 27.5 Å². The number of aliphatic imine (C=N–C) groups is 2. The van der Waals surface area contributed by atoms with Crippen LogP contribution >= 0.6 is 0 Å². The van der Waals surface area contributed by atoms with Crippen LogP contribution in [0.5, 0.6) is 0 Å². The number of amides is 1. The van der Waals surface area contributed by atoms with E-state index in [-0.39, 0.29) is 26.4 Å². The molecule has 0 unspecified atom stereocenters. The maximum Gasteiger partial charge on any atom is 0.419 e. The third-order valence-electron chi connectivity index (χ3n) is 4.11. The maximum absolute atomic E-state index is 12.9. The van der Waals surface area contributed by atoms with Crippen LogP contribution < -0.4 is 4.90 Å². The van der Waals surface area contributed by atoms with Crippen molar-refractivity contribution >= 4 is 41.0 Å². The van der Waals surface area contributed by atoms with Crippen molar-refractivity contribution in [2.75, 3.05) is 31.3 Å². The van der Waals surface area contributed by atoms with Crippen LogP contribution in [0.2, 0.25) is 0 Å². The normalized spacial score (nSPS) is 9.97. The first kappa shape index (κ1) is 22.7. The predicted molar refractivity (Wildman–Crippen MR) is 109 cm³/mol. The molecule has 0 bridgehead atoms. The van der Waals surface area contributed by atoms with Gasteiger partial charge < -0.3 is 14.6 Å². The fourth-order valence-corrected chi connectivity index (χ4v) is 2.59. The number of hydrogen-bond donors (Lipinski definition) is 1. The van der Waals surface area contributed by atoms with Crippen LogP contribution in [0.25, 0.3) is 0 Å². The van der Waals surface area contributed by atoms with Gasteiger partial charge in [0.15, 0.2) is 0 Å². The average Bonchev–Trinajstić information content (AvgIpc) is 2.73. The molecule has 2 rings (SSSR count). The molecule has 2 aromatic rings. The molecular formula is C21H21N3O6. The van der Waals surface area contributed by atoms with Crippen molar-refractivity contribution in [1.82, 2.24) is 0 Å². The van der Waals surface area contributed by atoms with E-state index >= 15 is 0 Å². The Labute approximate surface area is 173 Å². The minimum atomic E-state index is -0.711. The van der Waals surface area contributed by atoms with Crippen molar-refractivity contribution in [3.63, 3.8) is 0 Å². The summed E-state index contributed by atoms with van der Waals surface area (Å²) in [6.45, 7) is 3.62. The highest BCUT2D eigenvalue weighted by atomic mass is 16.6. The van der Waals surface area contributed by atoms with Gasteiger partial charge in [0.1, 0.15) is 6.61 Å². The van der Waals surface area contributed by atoms with Gasteiger partial charge >= 0.3 is 6.09 Å². The highest BCUT2D eigenvalue weighted by molar-refractivity contribution is 5.97. The van der Waals surface area contributed by atoms with Crippen molar-refractivity contribution in [3.05, 3.63) is 47.5 Å². The van der Waals surface area contributed by atoms with Crippen molar-refractivity contribution < 1.29 is 29.0 Å². The fourth-order valence-electron chi connectivity index (χ4n) is 2.59. The second kappa shape index (κ2) is 11.4. The monoisotopic (exact) mass is 411 g/mol. The van der Waals surface area contributed by atoms with E-state index in [0.717, 1.165) is 11.1 Å². The molecule has 9 nitrogen and oxygen atoms in total. The van der Waals surface area contributed by atoms with E-state index in [1.807, 2.05) is 0 Å². The quantitative estimate of drug-likeness (QED) is 0.383. The Kier molecular flexibility index (Phi) is 8.62. The average molecular weight is 411 g/mol. The van der Waals surface area contributed by atoms with Crippen LogP contribution in [0.3, 0.4) is 0 Å². The van der Waals surface area contributed by atoms with Crippen molar-refractivity contribution in [3.8, 4) is 0 Å². The largest absolute Gasteiger partial charge is 0.446 e. The van der Waals surface area contributed by atoms with Crippen LogP contribution in [0.1, 0.15) is 11.1 Å². The number of carbonyl (C=O) groups excluding carboxylic acids is 3. The SMILES string of the molecule is Cc1ccc(N(C(=O)OCCOCCO)c2ccc(C)c(N=C=O)c2)cc1N=C=O. The maximum atomic E-state index is 12.9. The number of hydrogen-bond acceptors (Lipinski definition) is 8. The van der Waals surface area contributed by atoms with Crippen LogP contribution in [-0.2, 0) is 19.1 Å². The molecule has 0 radical (unpaired) electrons. The van der Waals surface area contributed by atoms with Gasteiger partial charge in [0.25, 0.3) is 0 Å². The lowest BCUT2D eigenvalue weighted by Crippen LogP contribution is -2.28. The number of ether oxygens (including phenoxy) is 2. The Balaban J connectivity index is 2.44. The molecule has 0 aliphatic carbocycles. The second-order valence-electron chi connectivity index (χ2n) is 6.13. The molecule has 1 N–H and O–H groups in total. The Morgan fingerprint density at radius 2 is 1.47 bits per heavy atom. The smallest absolute Gasteiger partial charge is 0.419 e. The topological polar surface area (TPSA) is 118 Å². The minimum absolute atomic E-state index is 0.0360. The summed E-state index contributed by atoms with van der Waals surface area (Å²) >= 11 is 0. The number of carbonyl (C=O) groups is 1. The summed E-state index contributed by atoms with van der Waals surface area (Å²) in [6.07, 6.45) is 2.27. The van der Waals surface area contributed by atoms with Crippen molar-refractivity contribution in [1.29, 1.82) is 0 Å². The van der Waals surface area contributed by atoms with Gasteiger partial charge in [-0.25, -0.2) is 19.3 Å². The molecule has 1 amide bonds. The summed E-state index contributed by atoms with van der Waals surface area (Å²) in [5.74, 6) is 0. The number of aliphatic hydroxyl groups is 1. The number of rotatable bonds is 9. The zero-order valence-electron chi connectivity index (χ0n) is 16.6. The highest BCUT2D eigenvalue weighted by Crippen LogP contribution is 2.34. The third-order valence-corrected chi connectivity index (χ3v) is 4.11. The highest BCUT2D eigenvalue weighted by Gasteiger charge is 2.21. The van der Waals surface area contributed by atoms with Crippen molar-refractivity contribution in [2.45, 2.75) is 13.8 Å². The molecule has 0 heterocycles. The van der Waals surface area contributed by atoms with Crippen LogP contribution in [0.15, 0.2) is 46.4 Å². The first-order valence-corrected chi connectivity index (χ1v) is 9.04. The van der Waals surface area contributed by atoms with Gasteiger partial charge in [-0.3, -0.25) is 0 Å². The Morgan fingerprint density at radius 1 is 0.933 bits per heavy atom. The van der Waals surface area contributed by atoms with E-state index < -0.39 is 6.09 Å². The molecule has 0 aliphatic heterocycles. The molecule has 30 heavy (non-hydrogen) atoms. The number of aryl methyl sites for hydroxylation is 2. The van der Waals surface area contributed by atoms with E-state index in [1.54, 1.807) is 50.2 Å². The Hall–Kier alpha value is -3.61. The first-order valence-electron chi connectivity index (χ1n) is 9.04. The third kappa shape index (κ3) is 5.94. The summed E-state index contributed by atoms with van der Waals surface area (Å²) in [5, 5.41) is 8.73. The number of nitrogens with zero attached hydrogens (tertiary/aromatic N) is 3. The summed E-state index contributed by atoms with van der Waals surface area (Å²) in [6, 6.07) is 9.85. The lowest BCUT2D eigenvalue weighted by atomic mass is 10.1. The van der Waals surface area contributed by atoms with E-state index in [9.17, 15) is 14.4 Å². The van der Waals surface area contributed by atoms with Gasteiger partial charge in [0.2, 0.25) is 12.2 Å². The van der Waals surface area contributed by atoms with Gasteiger partial charge in [0, 0.05) is 0 Å². The number of isocyanates is 2. The number of aliphatic hydroxyl groups excluding tert-OH is 1. The molecule has 9 heteroatoms.